The average molecular weight is 301 g/mol. The summed E-state index contributed by atoms with van der Waals surface area (Å²) in [6, 6.07) is 13.5. The summed E-state index contributed by atoms with van der Waals surface area (Å²) in [6.45, 7) is 2.08. The largest absolute Gasteiger partial charge is 0.489 e. The van der Waals surface area contributed by atoms with E-state index in [-0.39, 0.29) is 24.5 Å². The van der Waals surface area contributed by atoms with Gasteiger partial charge in [0.05, 0.1) is 17.6 Å². The molecule has 0 aliphatic carbocycles. The van der Waals surface area contributed by atoms with Crippen molar-refractivity contribution in [1.29, 1.82) is 0 Å². The highest BCUT2D eigenvalue weighted by Crippen LogP contribution is 2.26. The number of hydrogen-bond acceptors (Lipinski definition) is 5. The highest BCUT2D eigenvalue weighted by molar-refractivity contribution is 5.94. The van der Waals surface area contributed by atoms with Gasteiger partial charge in [-0.15, -0.1) is 0 Å². The van der Waals surface area contributed by atoms with E-state index < -0.39 is 10.9 Å². The Hall–Kier alpha value is -2.89. The van der Waals surface area contributed by atoms with Crippen LogP contribution in [0.3, 0.4) is 0 Å². The van der Waals surface area contributed by atoms with E-state index in [1.54, 1.807) is 6.92 Å². The van der Waals surface area contributed by atoms with Gasteiger partial charge >= 0.3 is 5.97 Å². The highest BCUT2D eigenvalue weighted by Gasteiger charge is 2.22. The molecule has 0 saturated heterocycles. The quantitative estimate of drug-likeness (QED) is 0.464. The fourth-order valence-corrected chi connectivity index (χ4v) is 1.87. The Morgan fingerprint density at radius 3 is 2.55 bits per heavy atom. The molecule has 0 spiro atoms. The van der Waals surface area contributed by atoms with Gasteiger partial charge in [0.25, 0.3) is 5.69 Å². The van der Waals surface area contributed by atoms with Crippen LogP contribution in [0.15, 0.2) is 48.5 Å². The van der Waals surface area contributed by atoms with Crippen LogP contribution < -0.4 is 4.74 Å². The molecule has 0 fully saturated rings. The van der Waals surface area contributed by atoms with E-state index in [1.807, 2.05) is 30.3 Å². The van der Waals surface area contributed by atoms with Crippen molar-refractivity contribution in [2.24, 2.45) is 0 Å². The second-order valence-electron chi connectivity index (χ2n) is 4.43. The van der Waals surface area contributed by atoms with Crippen LogP contribution in [0.1, 0.15) is 22.8 Å². The molecule has 2 rings (SSSR count). The van der Waals surface area contributed by atoms with Gasteiger partial charge in [-0.2, -0.15) is 0 Å². The van der Waals surface area contributed by atoms with Crippen LogP contribution in [0.4, 0.5) is 5.69 Å². The number of esters is 1. The molecule has 114 valence electrons. The van der Waals surface area contributed by atoms with E-state index in [0.29, 0.717) is 5.75 Å². The summed E-state index contributed by atoms with van der Waals surface area (Å²) in [4.78, 5) is 22.2. The summed E-state index contributed by atoms with van der Waals surface area (Å²) in [5.41, 5.74) is 0.530. The number of carbonyl (C=O) groups excluding carboxylic acids is 1. The maximum Gasteiger partial charge on any atom is 0.345 e. The Balaban J connectivity index is 2.18. The lowest BCUT2D eigenvalue weighted by atomic mass is 10.1. The first-order valence-corrected chi connectivity index (χ1v) is 6.74. The molecule has 0 saturated carbocycles. The van der Waals surface area contributed by atoms with Crippen molar-refractivity contribution in [2.45, 2.75) is 13.5 Å². The van der Waals surface area contributed by atoms with Gasteiger partial charge in [0.1, 0.15) is 17.9 Å². The van der Waals surface area contributed by atoms with Crippen LogP contribution in [0, 0.1) is 10.1 Å². The van der Waals surface area contributed by atoms with E-state index in [1.165, 1.54) is 18.2 Å². The minimum Gasteiger partial charge on any atom is -0.489 e. The van der Waals surface area contributed by atoms with Gasteiger partial charge in [-0.1, -0.05) is 30.3 Å². The number of carbonyl (C=O) groups is 1. The minimum absolute atomic E-state index is 0.0843. The number of hydrogen-bond donors (Lipinski definition) is 0. The molecule has 22 heavy (non-hydrogen) atoms. The molecule has 0 aliphatic rings. The Morgan fingerprint density at radius 1 is 1.18 bits per heavy atom. The molecule has 0 aliphatic heterocycles. The number of nitro benzene ring substituents is 1. The lowest BCUT2D eigenvalue weighted by molar-refractivity contribution is -0.385. The summed E-state index contributed by atoms with van der Waals surface area (Å²) in [5, 5.41) is 11.1. The molecule has 2 aromatic rings. The molecule has 0 bridgehead atoms. The third kappa shape index (κ3) is 3.82. The molecule has 0 atom stereocenters. The van der Waals surface area contributed by atoms with Gasteiger partial charge in [0, 0.05) is 0 Å². The number of benzene rings is 2. The normalized spacial score (nSPS) is 10.0. The zero-order valence-electron chi connectivity index (χ0n) is 12.0. The number of nitrogens with zero attached hydrogens (tertiary/aromatic N) is 1. The van der Waals surface area contributed by atoms with E-state index in [9.17, 15) is 14.9 Å². The molecule has 6 nitrogen and oxygen atoms in total. The molecule has 0 radical (unpaired) electrons. The van der Waals surface area contributed by atoms with Crippen molar-refractivity contribution >= 4 is 11.7 Å². The van der Waals surface area contributed by atoms with Gasteiger partial charge in [-0.3, -0.25) is 10.1 Å². The Bertz CT molecular complexity index is 669. The first-order valence-electron chi connectivity index (χ1n) is 6.74. The fourth-order valence-electron chi connectivity index (χ4n) is 1.87. The average Bonchev–Trinajstić information content (AvgIpc) is 2.54. The van der Waals surface area contributed by atoms with E-state index in [0.717, 1.165) is 5.56 Å². The van der Waals surface area contributed by atoms with Gasteiger partial charge in [0.2, 0.25) is 0 Å². The zero-order valence-corrected chi connectivity index (χ0v) is 12.0. The minimum atomic E-state index is -0.719. The van der Waals surface area contributed by atoms with Gasteiger partial charge in [0.15, 0.2) is 0 Å². The Kier molecular flexibility index (Phi) is 5.08. The van der Waals surface area contributed by atoms with Crippen molar-refractivity contribution in [3.63, 3.8) is 0 Å². The van der Waals surface area contributed by atoms with Crippen LogP contribution >= 0.6 is 0 Å². The number of rotatable bonds is 6. The van der Waals surface area contributed by atoms with Crippen molar-refractivity contribution in [3.05, 3.63) is 69.8 Å². The van der Waals surface area contributed by atoms with E-state index in [2.05, 4.69) is 0 Å². The molecule has 0 amide bonds. The van der Waals surface area contributed by atoms with Crippen LogP contribution in [0.5, 0.6) is 5.75 Å². The Morgan fingerprint density at radius 2 is 1.91 bits per heavy atom. The summed E-state index contributed by atoms with van der Waals surface area (Å²) < 4.78 is 10.3. The highest BCUT2D eigenvalue weighted by atomic mass is 16.6. The lowest BCUT2D eigenvalue weighted by Gasteiger charge is -2.08. The maximum atomic E-state index is 11.7. The predicted octanol–water partition coefficient (Wildman–Crippen LogP) is 3.35. The smallest absolute Gasteiger partial charge is 0.345 e. The molecule has 0 heterocycles. The SMILES string of the molecule is CCOC(=O)c1ccc(OCc2ccccc2)cc1[N+](=O)[O-]. The number of nitro groups is 1. The lowest BCUT2D eigenvalue weighted by Crippen LogP contribution is -2.08. The summed E-state index contributed by atoms with van der Waals surface area (Å²) in [6.07, 6.45) is 0. The molecule has 0 unspecified atom stereocenters. The van der Waals surface area contributed by atoms with Crippen molar-refractivity contribution in [2.75, 3.05) is 6.61 Å². The van der Waals surface area contributed by atoms with Crippen molar-refractivity contribution < 1.29 is 19.2 Å². The van der Waals surface area contributed by atoms with Crippen LogP contribution in [-0.4, -0.2) is 17.5 Å². The second kappa shape index (κ2) is 7.21. The van der Waals surface area contributed by atoms with Crippen LogP contribution in [-0.2, 0) is 11.3 Å². The summed E-state index contributed by atoms with van der Waals surface area (Å²) >= 11 is 0. The van der Waals surface area contributed by atoms with Crippen molar-refractivity contribution in [3.8, 4) is 5.75 Å². The summed E-state index contributed by atoms with van der Waals surface area (Å²) in [7, 11) is 0. The second-order valence-corrected chi connectivity index (χ2v) is 4.43. The molecular weight excluding hydrogens is 286 g/mol. The third-order valence-corrected chi connectivity index (χ3v) is 2.91. The topological polar surface area (TPSA) is 78.7 Å². The molecule has 0 aromatic heterocycles. The zero-order chi connectivity index (χ0) is 15.9. The Labute approximate surface area is 127 Å². The first-order chi connectivity index (χ1) is 10.6. The molecule has 6 heteroatoms. The van der Waals surface area contributed by atoms with Gasteiger partial charge in [-0.05, 0) is 24.6 Å². The molecule has 0 N–H and O–H groups in total. The first kappa shape index (κ1) is 15.5. The van der Waals surface area contributed by atoms with Gasteiger partial charge in [-0.25, -0.2) is 4.79 Å². The number of ether oxygens (including phenoxy) is 2. The van der Waals surface area contributed by atoms with Crippen LogP contribution in [0.25, 0.3) is 0 Å². The standard InChI is InChI=1S/C16H15NO5/c1-2-21-16(18)14-9-8-13(10-15(14)17(19)20)22-11-12-6-4-3-5-7-12/h3-10H,2,11H2,1H3. The summed E-state index contributed by atoms with van der Waals surface area (Å²) in [5.74, 6) is -0.396. The van der Waals surface area contributed by atoms with E-state index in [4.69, 9.17) is 9.47 Å². The molecule has 2 aromatic carbocycles. The van der Waals surface area contributed by atoms with Gasteiger partial charge < -0.3 is 9.47 Å². The van der Waals surface area contributed by atoms with Crippen molar-refractivity contribution in [1.82, 2.24) is 0 Å². The van der Waals surface area contributed by atoms with E-state index >= 15 is 0 Å². The van der Waals surface area contributed by atoms with Crippen LogP contribution in [0.2, 0.25) is 0 Å². The maximum absolute atomic E-state index is 11.7. The predicted molar refractivity (Wildman–Crippen MR) is 79.8 cm³/mol. The molecular formula is C16H15NO5. The monoisotopic (exact) mass is 301 g/mol. The fraction of sp³-hybridized carbons (Fsp3) is 0.188. The third-order valence-electron chi connectivity index (χ3n) is 2.91.